The Bertz CT molecular complexity index is 852. The molecule has 0 radical (unpaired) electrons. The Hall–Kier alpha value is -3.46. The van der Waals surface area contributed by atoms with E-state index in [0.29, 0.717) is 28.5 Å². The second-order valence-corrected chi connectivity index (χ2v) is 4.97. The fourth-order valence-corrected chi connectivity index (χ4v) is 2.22. The molecular formula is C18H14N2O4. The minimum atomic E-state index is -0.497. The van der Waals surface area contributed by atoms with Gasteiger partial charge >= 0.3 is 0 Å². The molecule has 1 aliphatic heterocycles. The van der Waals surface area contributed by atoms with Gasteiger partial charge in [-0.2, -0.15) is 5.26 Å². The molecule has 1 N–H and O–H groups in total. The van der Waals surface area contributed by atoms with E-state index in [0.717, 1.165) is 0 Å². The monoisotopic (exact) mass is 322 g/mol. The second-order valence-electron chi connectivity index (χ2n) is 4.97. The highest BCUT2D eigenvalue weighted by Crippen LogP contribution is 2.33. The first-order valence-electron chi connectivity index (χ1n) is 7.16. The summed E-state index contributed by atoms with van der Waals surface area (Å²) in [6.45, 7) is 0.171. The molecule has 0 spiro atoms. The normalized spacial score (nSPS) is 12.4. The first kappa shape index (κ1) is 15.4. The van der Waals surface area contributed by atoms with Crippen LogP contribution in [0.1, 0.15) is 5.56 Å². The van der Waals surface area contributed by atoms with E-state index in [1.165, 1.54) is 6.08 Å². The number of benzene rings is 2. The molecule has 0 saturated carbocycles. The van der Waals surface area contributed by atoms with Crippen LogP contribution in [-0.2, 0) is 4.79 Å². The van der Waals surface area contributed by atoms with Crippen molar-refractivity contribution < 1.29 is 19.0 Å². The number of nitrogens with one attached hydrogen (secondary N) is 1. The van der Waals surface area contributed by atoms with Gasteiger partial charge in [0, 0.05) is 11.8 Å². The van der Waals surface area contributed by atoms with Crippen LogP contribution in [0.25, 0.3) is 6.08 Å². The molecule has 6 nitrogen and oxygen atoms in total. The van der Waals surface area contributed by atoms with Crippen molar-refractivity contribution in [1.29, 1.82) is 5.26 Å². The number of fused-ring (bicyclic) bond motifs is 1. The van der Waals surface area contributed by atoms with E-state index in [2.05, 4.69) is 5.32 Å². The summed E-state index contributed by atoms with van der Waals surface area (Å²) >= 11 is 0. The van der Waals surface area contributed by atoms with Gasteiger partial charge in [-0.15, -0.1) is 0 Å². The quantitative estimate of drug-likeness (QED) is 0.691. The van der Waals surface area contributed by atoms with Gasteiger partial charge in [0.25, 0.3) is 5.91 Å². The second kappa shape index (κ2) is 6.75. The summed E-state index contributed by atoms with van der Waals surface area (Å²) < 4.78 is 15.6. The van der Waals surface area contributed by atoms with E-state index in [1.807, 2.05) is 6.07 Å². The molecule has 24 heavy (non-hydrogen) atoms. The predicted molar refractivity (Wildman–Crippen MR) is 87.8 cm³/mol. The number of nitrogens with zero attached hydrogens (tertiary/aromatic N) is 1. The highest BCUT2D eigenvalue weighted by Gasteiger charge is 2.14. The predicted octanol–water partition coefficient (Wildman–Crippen LogP) is 2.97. The van der Waals surface area contributed by atoms with E-state index < -0.39 is 5.91 Å². The Morgan fingerprint density at radius 1 is 1.25 bits per heavy atom. The number of methoxy groups -OCH3 is 1. The van der Waals surface area contributed by atoms with Crippen molar-refractivity contribution in [3.63, 3.8) is 0 Å². The van der Waals surface area contributed by atoms with Crippen molar-refractivity contribution >= 4 is 17.7 Å². The van der Waals surface area contributed by atoms with Crippen molar-refractivity contribution in [1.82, 2.24) is 0 Å². The van der Waals surface area contributed by atoms with Crippen molar-refractivity contribution in [2.45, 2.75) is 0 Å². The minimum absolute atomic E-state index is 0.0170. The van der Waals surface area contributed by atoms with Crippen LogP contribution in [0.3, 0.4) is 0 Å². The van der Waals surface area contributed by atoms with Crippen LogP contribution in [0, 0.1) is 11.3 Å². The number of carbonyl (C=O) groups is 1. The summed E-state index contributed by atoms with van der Waals surface area (Å²) in [4.78, 5) is 12.3. The zero-order valence-electron chi connectivity index (χ0n) is 12.9. The number of anilines is 1. The molecule has 3 rings (SSSR count). The Morgan fingerprint density at radius 3 is 2.88 bits per heavy atom. The average molecular weight is 322 g/mol. The number of ether oxygens (including phenoxy) is 3. The summed E-state index contributed by atoms with van der Waals surface area (Å²) in [5, 5.41) is 11.9. The van der Waals surface area contributed by atoms with Gasteiger partial charge in [-0.05, 0) is 35.9 Å². The molecule has 2 aromatic carbocycles. The summed E-state index contributed by atoms with van der Waals surface area (Å²) in [5.74, 6) is 1.36. The third-order valence-corrected chi connectivity index (χ3v) is 3.40. The van der Waals surface area contributed by atoms with E-state index in [1.54, 1.807) is 49.6 Å². The average Bonchev–Trinajstić information content (AvgIpc) is 3.07. The van der Waals surface area contributed by atoms with E-state index in [9.17, 15) is 10.1 Å². The van der Waals surface area contributed by atoms with Gasteiger partial charge in [0.05, 0.1) is 7.11 Å². The molecule has 1 heterocycles. The number of carbonyl (C=O) groups excluding carboxylic acids is 1. The maximum atomic E-state index is 12.3. The van der Waals surface area contributed by atoms with Crippen LogP contribution in [0.15, 0.2) is 48.0 Å². The Kier molecular flexibility index (Phi) is 4.34. The number of amides is 1. The van der Waals surface area contributed by atoms with Crippen molar-refractivity contribution in [3.8, 4) is 23.3 Å². The Labute approximate surface area is 138 Å². The molecule has 6 heteroatoms. The number of rotatable bonds is 4. The maximum Gasteiger partial charge on any atom is 0.266 e. The van der Waals surface area contributed by atoms with Crippen molar-refractivity contribution in [3.05, 3.63) is 53.6 Å². The zero-order chi connectivity index (χ0) is 16.9. The van der Waals surface area contributed by atoms with Crippen LogP contribution in [-0.4, -0.2) is 19.8 Å². The highest BCUT2D eigenvalue weighted by molar-refractivity contribution is 6.09. The van der Waals surface area contributed by atoms with Crippen molar-refractivity contribution in [2.75, 3.05) is 19.2 Å². The van der Waals surface area contributed by atoms with Crippen LogP contribution in [0.4, 0.5) is 5.69 Å². The first-order valence-corrected chi connectivity index (χ1v) is 7.16. The summed E-state index contributed by atoms with van der Waals surface area (Å²) in [7, 11) is 1.54. The number of nitriles is 1. The lowest BCUT2D eigenvalue weighted by Gasteiger charge is -2.06. The van der Waals surface area contributed by atoms with Crippen LogP contribution in [0.2, 0.25) is 0 Å². The van der Waals surface area contributed by atoms with Gasteiger partial charge in [-0.1, -0.05) is 12.1 Å². The fourth-order valence-electron chi connectivity index (χ4n) is 2.22. The van der Waals surface area contributed by atoms with E-state index in [4.69, 9.17) is 14.2 Å². The third-order valence-electron chi connectivity index (χ3n) is 3.40. The van der Waals surface area contributed by atoms with Gasteiger partial charge in [-0.25, -0.2) is 0 Å². The van der Waals surface area contributed by atoms with Gasteiger partial charge < -0.3 is 19.5 Å². The molecule has 0 fully saturated rings. The molecule has 120 valence electrons. The smallest absolute Gasteiger partial charge is 0.266 e. The zero-order valence-corrected chi connectivity index (χ0v) is 12.9. The first-order chi connectivity index (χ1) is 11.7. The lowest BCUT2D eigenvalue weighted by atomic mass is 10.1. The van der Waals surface area contributed by atoms with E-state index >= 15 is 0 Å². The summed E-state index contributed by atoms with van der Waals surface area (Å²) in [6.07, 6.45) is 1.50. The molecule has 0 atom stereocenters. The third kappa shape index (κ3) is 3.31. The van der Waals surface area contributed by atoms with E-state index in [-0.39, 0.29) is 12.4 Å². The molecule has 0 bridgehead atoms. The van der Waals surface area contributed by atoms with Crippen LogP contribution < -0.4 is 19.5 Å². The number of hydrogen-bond acceptors (Lipinski definition) is 5. The van der Waals surface area contributed by atoms with Gasteiger partial charge in [0.15, 0.2) is 11.5 Å². The molecule has 0 aliphatic carbocycles. The molecule has 2 aromatic rings. The Morgan fingerprint density at radius 2 is 2.08 bits per heavy atom. The van der Waals surface area contributed by atoms with Gasteiger partial charge in [0.2, 0.25) is 6.79 Å². The highest BCUT2D eigenvalue weighted by atomic mass is 16.7. The standard InChI is InChI=1S/C18H14N2O4/c1-22-15-4-2-3-14(9-15)20-18(21)13(10-19)7-12-5-6-16-17(8-12)24-11-23-16/h2-9H,11H2,1H3,(H,20,21)/b13-7+. The summed E-state index contributed by atoms with van der Waals surface area (Å²) in [6, 6.07) is 14.0. The van der Waals surface area contributed by atoms with Crippen LogP contribution >= 0.6 is 0 Å². The number of hydrogen-bond donors (Lipinski definition) is 1. The van der Waals surface area contributed by atoms with Gasteiger partial charge in [-0.3, -0.25) is 4.79 Å². The molecule has 1 amide bonds. The summed E-state index contributed by atoms with van der Waals surface area (Å²) in [5.41, 5.74) is 1.21. The fraction of sp³-hybridized carbons (Fsp3) is 0.111. The van der Waals surface area contributed by atoms with Crippen LogP contribution in [0.5, 0.6) is 17.2 Å². The maximum absolute atomic E-state index is 12.3. The largest absolute Gasteiger partial charge is 0.497 e. The lowest BCUT2D eigenvalue weighted by molar-refractivity contribution is -0.112. The SMILES string of the molecule is COc1cccc(NC(=O)/C(C#N)=C/c2ccc3c(c2)OCO3)c1. The molecule has 1 aliphatic rings. The molecule has 0 saturated heterocycles. The molecular weight excluding hydrogens is 308 g/mol. The molecule has 0 aromatic heterocycles. The molecule has 0 unspecified atom stereocenters. The minimum Gasteiger partial charge on any atom is -0.497 e. The Balaban J connectivity index is 1.80. The lowest BCUT2D eigenvalue weighted by Crippen LogP contribution is -2.13. The van der Waals surface area contributed by atoms with Crippen molar-refractivity contribution in [2.24, 2.45) is 0 Å². The van der Waals surface area contributed by atoms with Gasteiger partial charge in [0.1, 0.15) is 17.4 Å². The topological polar surface area (TPSA) is 80.6 Å².